The number of nitrogens with one attached hydrogen (secondary N) is 1. The van der Waals surface area contributed by atoms with Crippen LogP contribution in [0.2, 0.25) is 0 Å². The zero-order valence-corrected chi connectivity index (χ0v) is 16.4. The molecule has 0 aliphatic rings. The number of rotatable bonds is 7. The molecule has 1 heterocycles. The highest BCUT2D eigenvalue weighted by molar-refractivity contribution is 7.89. The molecule has 3 aromatic rings. The maximum absolute atomic E-state index is 12.3. The number of nitrogens with zero attached hydrogens (tertiary/aromatic N) is 3. The van der Waals surface area contributed by atoms with Crippen LogP contribution in [0, 0.1) is 0 Å². The molecule has 0 bridgehead atoms. The van der Waals surface area contributed by atoms with Crippen molar-refractivity contribution >= 4 is 10.0 Å². The molecule has 1 N–H and O–H groups in total. The fourth-order valence-corrected chi connectivity index (χ4v) is 3.68. The molecule has 0 atom stereocenters. The molecule has 0 fully saturated rings. The van der Waals surface area contributed by atoms with Crippen molar-refractivity contribution in [3.05, 3.63) is 65.1 Å². The lowest BCUT2D eigenvalue weighted by Crippen LogP contribution is -2.31. The maximum Gasteiger partial charge on any atom is 0.573 e. The molecular weight excluding hydrogens is 425 g/mol. The van der Waals surface area contributed by atoms with Gasteiger partial charge in [0.05, 0.1) is 11.4 Å². The number of ether oxygens (including phenoxy) is 1. The number of benzene rings is 2. The zero-order valence-electron chi connectivity index (χ0n) is 15.6. The van der Waals surface area contributed by atoms with E-state index in [1.165, 1.54) is 4.57 Å². The second-order valence-corrected chi connectivity index (χ2v) is 7.94. The van der Waals surface area contributed by atoms with Gasteiger partial charge in [0.15, 0.2) is 5.82 Å². The summed E-state index contributed by atoms with van der Waals surface area (Å²) in [6.45, 7) is -0.178. The molecule has 0 spiro atoms. The monoisotopic (exact) mass is 442 g/mol. The fraction of sp³-hybridized carbons (Fsp3) is 0.222. The average molecular weight is 442 g/mol. The van der Waals surface area contributed by atoms with Crippen LogP contribution in [-0.2, 0) is 23.6 Å². The zero-order chi connectivity index (χ0) is 21.9. The molecule has 0 saturated carbocycles. The van der Waals surface area contributed by atoms with Gasteiger partial charge >= 0.3 is 12.1 Å². The molecule has 0 aliphatic heterocycles. The van der Waals surface area contributed by atoms with Crippen molar-refractivity contribution in [1.29, 1.82) is 0 Å². The van der Waals surface area contributed by atoms with E-state index in [2.05, 4.69) is 14.6 Å². The normalized spacial score (nSPS) is 12.1. The predicted octanol–water partition coefficient (Wildman–Crippen LogP) is 2.13. The van der Waals surface area contributed by atoms with Gasteiger partial charge in [-0.15, -0.1) is 18.3 Å². The Bertz CT molecular complexity index is 1170. The van der Waals surface area contributed by atoms with E-state index in [1.54, 1.807) is 31.3 Å². The Kier molecular flexibility index (Phi) is 5.99. The number of sulfonamides is 1. The molecule has 2 aromatic carbocycles. The fourth-order valence-electron chi connectivity index (χ4n) is 2.66. The standard InChI is InChI=1S/C18H17F3N4O4S/c1-24-16(13-5-3-2-4-6-13)23-25(17(24)26)12-11-22-30(27,28)15-9-7-14(8-10-15)29-18(19,20)21/h2-10,22H,11-12H2,1H3. The Morgan fingerprint density at radius 1 is 1.07 bits per heavy atom. The van der Waals surface area contributed by atoms with Gasteiger partial charge in [0.2, 0.25) is 10.0 Å². The minimum Gasteiger partial charge on any atom is -0.406 e. The molecule has 0 unspecified atom stereocenters. The van der Waals surface area contributed by atoms with Crippen molar-refractivity contribution < 1.29 is 26.3 Å². The number of aromatic nitrogens is 3. The van der Waals surface area contributed by atoms with E-state index < -0.39 is 27.8 Å². The first-order valence-electron chi connectivity index (χ1n) is 8.61. The van der Waals surface area contributed by atoms with Crippen molar-refractivity contribution in [1.82, 2.24) is 19.1 Å². The van der Waals surface area contributed by atoms with Gasteiger partial charge in [-0.05, 0) is 24.3 Å². The summed E-state index contributed by atoms with van der Waals surface area (Å²) in [5.74, 6) is -0.0985. The molecule has 8 nitrogen and oxygen atoms in total. The summed E-state index contributed by atoms with van der Waals surface area (Å²) >= 11 is 0. The van der Waals surface area contributed by atoms with Gasteiger partial charge in [0.1, 0.15) is 5.75 Å². The third kappa shape index (κ3) is 5.07. The summed E-state index contributed by atoms with van der Waals surface area (Å²) < 4.78 is 69.7. The molecule has 3 rings (SSSR count). The Morgan fingerprint density at radius 2 is 1.70 bits per heavy atom. The second kappa shape index (κ2) is 8.32. The first kappa shape index (κ1) is 21.6. The van der Waals surface area contributed by atoms with E-state index in [1.807, 2.05) is 6.07 Å². The van der Waals surface area contributed by atoms with E-state index in [0.29, 0.717) is 5.82 Å². The lowest BCUT2D eigenvalue weighted by Gasteiger charge is -2.10. The Hall–Kier alpha value is -3.12. The van der Waals surface area contributed by atoms with Gasteiger partial charge in [-0.1, -0.05) is 30.3 Å². The van der Waals surface area contributed by atoms with Crippen molar-refractivity contribution in [2.75, 3.05) is 6.54 Å². The van der Waals surface area contributed by atoms with E-state index >= 15 is 0 Å². The van der Waals surface area contributed by atoms with Crippen LogP contribution >= 0.6 is 0 Å². The van der Waals surface area contributed by atoms with Crippen LogP contribution in [-0.4, -0.2) is 35.7 Å². The number of halogens is 3. The number of hydrogen-bond donors (Lipinski definition) is 1. The third-order valence-electron chi connectivity index (χ3n) is 4.06. The van der Waals surface area contributed by atoms with Crippen molar-refractivity contribution in [2.24, 2.45) is 7.05 Å². The molecule has 1 aromatic heterocycles. The van der Waals surface area contributed by atoms with Crippen LogP contribution in [0.3, 0.4) is 0 Å². The second-order valence-electron chi connectivity index (χ2n) is 6.17. The highest BCUT2D eigenvalue weighted by Crippen LogP contribution is 2.23. The van der Waals surface area contributed by atoms with Gasteiger partial charge < -0.3 is 4.74 Å². The lowest BCUT2D eigenvalue weighted by molar-refractivity contribution is -0.274. The first-order chi connectivity index (χ1) is 14.1. The maximum atomic E-state index is 12.3. The summed E-state index contributed by atoms with van der Waals surface area (Å²) in [5.41, 5.74) is 0.319. The summed E-state index contributed by atoms with van der Waals surface area (Å²) in [5, 5.41) is 4.23. The van der Waals surface area contributed by atoms with Crippen LogP contribution in [0.5, 0.6) is 5.75 Å². The summed E-state index contributed by atoms with van der Waals surface area (Å²) in [6, 6.07) is 12.8. The Labute approximate surface area is 169 Å². The van der Waals surface area contributed by atoms with Gasteiger partial charge in [0, 0.05) is 19.2 Å². The molecule has 0 aliphatic carbocycles. The molecule has 12 heteroatoms. The van der Waals surface area contributed by atoms with Crippen LogP contribution in [0.4, 0.5) is 13.2 Å². The van der Waals surface area contributed by atoms with Gasteiger partial charge in [-0.25, -0.2) is 22.6 Å². The van der Waals surface area contributed by atoms with Gasteiger partial charge in [-0.3, -0.25) is 4.57 Å². The lowest BCUT2D eigenvalue weighted by atomic mass is 10.2. The van der Waals surface area contributed by atoms with E-state index in [-0.39, 0.29) is 18.0 Å². The van der Waals surface area contributed by atoms with E-state index in [4.69, 9.17) is 0 Å². The van der Waals surface area contributed by atoms with Crippen molar-refractivity contribution in [3.8, 4) is 17.1 Å². The minimum atomic E-state index is -4.87. The molecule has 160 valence electrons. The molecule has 0 radical (unpaired) electrons. The van der Waals surface area contributed by atoms with Gasteiger partial charge in [-0.2, -0.15) is 0 Å². The number of hydrogen-bond acceptors (Lipinski definition) is 5. The summed E-state index contributed by atoms with van der Waals surface area (Å²) in [4.78, 5) is 12.1. The van der Waals surface area contributed by atoms with E-state index in [0.717, 1.165) is 34.5 Å². The highest BCUT2D eigenvalue weighted by atomic mass is 32.2. The number of alkyl halides is 3. The van der Waals surface area contributed by atoms with Crippen molar-refractivity contribution in [2.45, 2.75) is 17.8 Å². The minimum absolute atomic E-state index is 0.0337. The summed E-state index contributed by atoms with van der Waals surface area (Å²) in [6.07, 6.45) is -4.87. The van der Waals surface area contributed by atoms with Gasteiger partial charge in [0.25, 0.3) is 0 Å². The highest BCUT2D eigenvalue weighted by Gasteiger charge is 2.31. The van der Waals surface area contributed by atoms with E-state index in [9.17, 15) is 26.4 Å². The van der Waals surface area contributed by atoms with Crippen LogP contribution in [0.1, 0.15) is 0 Å². The summed E-state index contributed by atoms with van der Waals surface area (Å²) in [7, 11) is -2.44. The Balaban J connectivity index is 1.67. The van der Waals surface area contributed by atoms with Crippen LogP contribution < -0.4 is 15.1 Å². The average Bonchev–Trinajstić information content (AvgIpc) is 2.96. The quantitative estimate of drug-likeness (QED) is 0.605. The predicted molar refractivity (Wildman–Crippen MR) is 101 cm³/mol. The Morgan fingerprint density at radius 3 is 2.30 bits per heavy atom. The molecule has 0 amide bonds. The largest absolute Gasteiger partial charge is 0.573 e. The molecule has 0 saturated heterocycles. The SMILES string of the molecule is Cn1c(-c2ccccc2)nn(CCNS(=O)(=O)c2ccc(OC(F)(F)F)cc2)c1=O. The first-order valence-corrected chi connectivity index (χ1v) is 10.1. The van der Waals surface area contributed by atoms with Crippen molar-refractivity contribution in [3.63, 3.8) is 0 Å². The molecular formula is C18H17F3N4O4S. The topological polar surface area (TPSA) is 95.2 Å². The third-order valence-corrected chi connectivity index (χ3v) is 5.53. The van der Waals surface area contributed by atoms with Crippen LogP contribution in [0.25, 0.3) is 11.4 Å². The smallest absolute Gasteiger partial charge is 0.406 e. The van der Waals surface area contributed by atoms with Crippen LogP contribution in [0.15, 0.2) is 64.3 Å². The molecule has 30 heavy (non-hydrogen) atoms.